The topological polar surface area (TPSA) is 72.7 Å². The van der Waals surface area contributed by atoms with Gasteiger partial charge in [-0.25, -0.2) is 0 Å². The first-order chi connectivity index (χ1) is 12.1. The summed E-state index contributed by atoms with van der Waals surface area (Å²) in [5.74, 6) is 0.229. The Morgan fingerprint density at radius 1 is 1.20 bits per heavy atom. The number of carbonyl (C=O) groups is 1. The molecule has 1 unspecified atom stereocenters. The highest BCUT2D eigenvalue weighted by Crippen LogP contribution is 2.20. The fourth-order valence-electron chi connectivity index (χ4n) is 2.35. The van der Waals surface area contributed by atoms with E-state index in [0.29, 0.717) is 5.16 Å². The predicted octanol–water partition coefficient (Wildman–Crippen LogP) is 2.94. The van der Waals surface area contributed by atoms with Crippen molar-refractivity contribution < 1.29 is 4.79 Å². The van der Waals surface area contributed by atoms with Crippen LogP contribution in [-0.2, 0) is 4.79 Å². The molecule has 0 aliphatic rings. The first kappa shape index (κ1) is 17.2. The number of carbonyl (C=O) groups excluding carboxylic acids is 1. The Hall–Kier alpha value is -2.67. The number of benzene rings is 1. The number of aryl methyl sites for hydroxylation is 1. The fraction of sp³-hybridized carbons (Fsp3) is 0.222. The summed E-state index contributed by atoms with van der Waals surface area (Å²) < 4.78 is 1.88. The molecular weight excluding hydrogens is 334 g/mol. The summed E-state index contributed by atoms with van der Waals surface area (Å²) in [4.78, 5) is 16.2. The van der Waals surface area contributed by atoms with Crippen molar-refractivity contribution in [2.75, 3.05) is 5.75 Å². The summed E-state index contributed by atoms with van der Waals surface area (Å²) in [6.45, 7) is 3.99. The van der Waals surface area contributed by atoms with Crippen molar-refractivity contribution in [3.63, 3.8) is 0 Å². The van der Waals surface area contributed by atoms with Crippen LogP contribution in [0.5, 0.6) is 0 Å². The van der Waals surface area contributed by atoms with Gasteiger partial charge in [-0.2, -0.15) is 0 Å². The molecule has 1 atom stereocenters. The second kappa shape index (κ2) is 7.94. The maximum atomic E-state index is 12.2. The lowest BCUT2D eigenvalue weighted by molar-refractivity contribution is -0.119. The molecule has 1 aromatic carbocycles. The molecule has 0 saturated carbocycles. The van der Waals surface area contributed by atoms with Crippen LogP contribution in [0.25, 0.3) is 5.69 Å². The van der Waals surface area contributed by atoms with E-state index >= 15 is 0 Å². The molecule has 2 aromatic heterocycles. The molecule has 0 spiro atoms. The second-order valence-electron chi connectivity index (χ2n) is 5.68. The number of hydrogen-bond donors (Lipinski definition) is 1. The molecule has 1 N–H and O–H groups in total. The molecule has 2 heterocycles. The summed E-state index contributed by atoms with van der Waals surface area (Å²) >= 11 is 1.36. The first-order valence-electron chi connectivity index (χ1n) is 7.92. The lowest BCUT2D eigenvalue weighted by Gasteiger charge is -2.13. The maximum Gasteiger partial charge on any atom is 0.230 e. The lowest BCUT2D eigenvalue weighted by atomic mass is 10.1. The molecule has 0 aliphatic heterocycles. The van der Waals surface area contributed by atoms with Gasteiger partial charge in [-0.1, -0.05) is 29.5 Å². The number of hydrogen-bond acceptors (Lipinski definition) is 5. The standard InChI is InChI=1S/C18H19N5OS/c1-13-3-5-16(6-4-13)23-12-20-22-18(23)25-11-17(24)21-14(2)15-7-9-19-10-8-15/h3-10,12,14H,11H2,1-2H3,(H,21,24). The zero-order valence-electron chi connectivity index (χ0n) is 14.1. The van der Waals surface area contributed by atoms with Crippen LogP contribution in [0.2, 0.25) is 0 Å². The molecule has 25 heavy (non-hydrogen) atoms. The van der Waals surface area contributed by atoms with Gasteiger partial charge in [-0.05, 0) is 43.7 Å². The minimum Gasteiger partial charge on any atom is -0.349 e. The van der Waals surface area contributed by atoms with E-state index in [4.69, 9.17) is 0 Å². The fourth-order valence-corrected chi connectivity index (χ4v) is 3.09. The monoisotopic (exact) mass is 353 g/mol. The van der Waals surface area contributed by atoms with Crippen molar-refractivity contribution in [1.82, 2.24) is 25.1 Å². The molecule has 0 aliphatic carbocycles. The van der Waals surface area contributed by atoms with Gasteiger partial charge in [-0.15, -0.1) is 10.2 Å². The van der Waals surface area contributed by atoms with Gasteiger partial charge < -0.3 is 5.32 Å². The van der Waals surface area contributed by atoms with Crippen molar-refractivity contribution in [2.45, 2.75) is 25.0 Å². The van der Waals surface area contributed by atoms with E-state index in [9.17, 15) is 4.79 Å². The molecular formula is C18H19N5OS. The number of nitrogens with one attached hydrogen (secondary N) is 1. The molecule has 0 saturated heterocycles. The number of amides is 1. The molecule has 128 valence electrons. The minimum absolute atomic E-state index is 0.0484. The van der Waals surface area contributed by atoms with E-state index in [1.165, 1.54) is 17.3 Å². The highest BCUT2D eigenvalue weighted by molar-refractivity contribution is 7.99. The highest BCUT2D eigenvalue weighted by atomic mass is 32.2. The molecule has 0 radical (unpaired) electrons. The van der Waals surface area contributed by atoms with Gasteiger partial charge in [0, 0.05) is 18.1 Å². The Kier molecular flexibility index (Phi) is 5.45. The SMILES string of the molecule is Cc1ccc(-n2cnnc2SCC(=O)NC(C)c2ccncc2)cc1. The van der Waals surface area contributed by atoms with E-state index in [0.717, 1.165) is 11.3 Å². The van der Waals surface area contributed by atoms with Crippen LogP contribution in [0.3, 0.4) is 0 Å². The van der Waals surface area contributed by atoms with Crippen LogP contribution in [0.15, 0.2) is 60.3 Å². The Morgan fingerprint density at radius 2 is 1.92 bits per heavy atom. The maximum absolute atomic E-state index is 12.2. The molecule has 1 amide bonds. The van der Waals surface area contributed by atoms with Gasteiger partial charge in [0.15, 0.2) is 5.16 Å². The van der Waals surface area contributed by atoms with Crippen LogP contribution in [-0.4, -0.2) is 31.4 Å². The van der Waals surface area contributed by atoms with Crippen molar-refractivity contribution in [3.8, 4) is 5.69 Å². The molecule has 3 aromatic rings. The summed E-state index contributed by atoms with van der Waals surface area (Å²) in [6.07, 6.45) is 5.10. The lowest BCUT2D eigenvalue weighted by Crippen LogP contribution is -2.28. The van der Waals surface area contributed by atoms with Crippen LogP contribution >= 0.6 is 11.8 Å². The van der Waals surface area contributed by atoms with Crippen molar-refractivity contribution in [2.24, 2.45) is 0 Å². The van der Waals surface area contributed by atoms with Crippen LogP contribution in [0.4, 0.5) is 0 Å². The quantitative estimate of drug-likeness (QED) is 0.690. The number of pyridine rings is 1. The first-order valence-corrected chi connectivity index (χ1v) is 8.91. The zero-order chi connectivity index (χ0) is 17.6. The average Bonchev–Trinajstić information content (AvgIpc) is 3.10. The molecule has 6 nitrogen and oxygen atoms in total. The molecule has 3 rings (SSSR count). The van der Waals surface area contributed by atoms with Crippen LogP contribution in [0.1, 0.15) is 24.1 Å². The van der Waals surface area contributed by atoms with Gasteiger partial charge in [0.05, 0.1) is 11.8 Å². The summed E-state index contributed by atoms with van der Waals surface area (Å²) in [6, 6.07) is 11.8. The number of rotatable bonds is 6. The van der Waals surface area contributed by atoms with E-state index in [1.54, 1.807) is 18.7 Å². The third-order valence-corrected chi connectivity index (χ3v) is 4.69. The van der Waals surface area contributed by atoms with E-state index in [-0.39, 0.29) is 17.7 Å². The van der Waals surface area contributed by atoms with Crippen molar-refractivity contribution in [1.29, 1.82) is 0 Å². The van der Waals surface area contributed by atoms with Crippen LogP contribution < -0.4 is 5.32 Å². The van der Waals surface area contributed by atoms with Crippen molar-refractivity contribution >= 4 is 17.7 Å². The zero-order valence-corrected chi connectivity index (χ0v) is 14.9. The Morgan fingerprint density at radius 3 is 2.64 bits per heavy atom. The summed E-state index contributed by atoms with van der Waals surface area (Å²) in [5.41, 5.74) is 3.19. The van der Waals surface area contributed by atoms with Gasteiger partial charge in [0.2, 0.25) is 5.91 Å². The average molecular weight is 353 g/mol. The minimum atomic E-state index is -0.0638. The van der Waals surface area contributed by atoms with Gasteiger partial charge >= 0.3 is 0 Å². The molecule has 7 heteroatoms. The summed E-state index contributed by atoms with van der Waals surface area (Å²) in [5, 5.41) is 11.7. The third-order valence-electron chi connectivity index (χ3n) is 3.74. The molecule has 0 bridgehead atoms. The summed E-state index contributed by atoms with van der Waals surface area (Å²) in [7, 11) is 0. The van der Waals surface area contributed by atoms with E-state index in [2.05, 4.69) is 20.5 Å². The largest absolute Gasteiger partial charge is 0.349 e. The van der Waals surface area contributed by atoms with Gasteiger partial charge in [-0.3, -0.25) is 14.3 Å². The van der Waals surface area contributed by atoms with Crippen molar-refractivity contribution in [3.05, 3.63) is 66.2 Å². The van der Waals surface area contributed by atoms with Gasteiger partial charge in [0.25, 0.3) is 0 Å². The Labute approximate surface area is 150 Å². The van der Waals surface area contributed by atoms with Gasteiger partial charge in [0.1, 0.15) is 6.33 Å². The highest BCUT2D eigenvalue weighted by Gasteiger charge is 2.13. The number of thioether (sulfide) groups is 1. The van der Waals surface area contributed by atoms with Crippen LogP contribution in [0, 0.1) is 6.92 Å². The number of aromatic nitrogens is 4. The molecule has 0 fully saturated rings. The third kappa shape index (κ3) is 4.45. The predicted molar refractivity (Wildman–Crippen MR) is 97.6 cm³/mol. The Bertz CT molecular complexity index is 832. The smallest absolute Gasteiger partial charge is 0.230 e. The second-order valence-corrected chi connectivity index (χ2v) is 6.62. The normalized spacial score (nSPS) is 11.9. The number of nitrogens with zero attached hydrogens (tertiary/aromatic N) is 4. The van der Waals surface area contributed by atoms with E-state index in [1.807, 2.05) is 54.8 Å². The Balaban J connectivity index is 1.60. The van der Waals surface area contributed by atoms with E-state index < -0.39 is 0 Å².